The van der Waals surface area contributed by atoms with Crippen LogP contribution in [0.1, 0.15) is 48.6 Å². The molecule has 2 atom stereocenters. The number of nitrogens with one attached hydrogen (secondary N) is 1. The van der Waals surface area contributed by atoms with E-state index in [-0.39, 0.29) is 11.9 Å². The van der Waals surface area contributed by atoms with E-state index in [9.17, 15) is 4.79 Å². The number of ether oxygens (including phenoxy) is 1. The molecule has 2 aromatic carbocycles. The SMILES string of the molecule is CC[C@@H](NC(=O)[C@H](C)Oc1cc(C)ccc1C)c1ccc(C)cc1. The first kappa shape index (κ1) is 18.1. The summed E-state index contributed by atoms with van der Waals surface area (Å²) in [6.07, 6.45) is 0.301. The fraction of sp³-hybridized carbons (Fsp3) is 0.381. The van der Waals surface area contributed by atoms with Gasteiger partial charge in [-0.3, -0.25) is 4.79 Å². The van der Waals surface area contributed by atoms with Gasteiger partial charge in [0, 0.05) is 0 Å². The molecule has 2 aromatic rings. The second-order valence-electron chi connectivity index (χ2n) is 6.41. The van der Waals surface area contributed by atoms with Crippen LogP contribution in [0.4, 0.5) is 0 Å². The van der Waals surface area contributed by atoms with Gasteiger partial charge in [-0.1, -0.05) is 48.9 Å². The average molecular weight is 325 g/mol. The van der Waals surface area contributed by atoms with Gasteiger partial charge in [0.1, 0.15) is 5.75 Å². The minimum Gasteiger partial charge on any atom is -0.481 e. The Kier molecular flexibility index (Phi) is 6.02. The summed E-state index contributed by atoms with van der Waals surface area (Å²) < 4.78 is 5.88. The number of benzene rings is 2. The second kappa shape index (κ2) is 8.00. The van der Waals surface area contributed by atoms with E-state index in [0.29, 0.717) is 0 Å². The van der Waals surface area contributed by atoms with E-state index in [1.54, 1.807) is 6.92 Å². The lowest BCUT2D eigenvalue weighted by atomic mass is 10.0. The predicted molar refractivity (Wildman–Crippen MR) is 98.4 cm³/mol. The van der Waals surface area contributed by atoms with Gasteiger partial charge in [-0.05, 0) is 56.9 Å². The normalized spacial score (nSPS) is 13.2. The van der Waals surface area contributed by atoms with E-state index in [1.165, 1.54) is 5.56 Å². The van der Waals surface area contributed by atoms with Crippen LogP contribution >= 0.6 is 0 Å². The molecule has 0 spiro atoms. The third-order valence-electron chi connectivity index (χ3n) is 4.22. The van der Waals surface area contributed by atoms with Gasteiger partial charge in [0.05, 0.1) is 6.04 Å². The van der Waals surface area contributed by atoms with Crippen molar-refractivity contribution < 1.29 is 9.53 Å². The van der Waals surface area contributed by atoms with Crippen LogP contribution in [-0.4, -0.2) is 12.0 Å². The number of rotatable bonds is 6. The molecule has 0 saturated carbocycles. The molecule has 0 bridgehead atoms. The van der Waals surface area contributed by atoms with Gasteiger partial charge in [0.15, 0.2) is 6.10 Å². The molecule has 3 heteroatoms. The Balaban J connectivity index is 2.04. The van der Waals surface area contributed by atoms with Crippen LogP contribution in [-0.2, 0) is 4.79 Å². The van der Waals surface area contributed by atoms with E-state index in [1.807, 2.05) is 32.0 Å². The molecule has 0 saturated heterocycles. The first-order chi connectivity index (χ1) is 11.4. The summed E-state index contributed by atoms with van der Waals surface area (Å²) in [5.41, 5.74) is 4.49. The van der Waals surface area contributed by atoms with Crippen LogP contribution < -0.4 is 10.1 Å². The first-order valence-corrected chi connectivity index (χ1v) is 8.51. The highest BCUT2D eigenvalue weighted by atomic mass is 16.5. The van der Waals surface area contributed by atoms with Crippen LogP contribution in [0.15, 0.2) is 42.5 Å². The Labute approximate surface area is 145 Å². The zero-order valence-electron chi connectivity index (χ0n) is 15.2. The largest absolute Gasteiger partial charge is 0.481 e. The summed E-state index contributed by atoms with van der Waals surface area (Å²) in [6, 6.07) is 14.3. The van der Waals surface area contributed by atoms with Gasteiger partial charge in [-0.15, -0.1) is 0 Å². The summed E-state index contributed by atoms with van der Waals surface area (Å²) in [6.45, 7) is 9.92. The molecular weight excluding hydrogens is 298 g/mol. The Bertz CT molecular complexity index is 691. The summed E-state index contributed by atoms with van der Waals surface area (Å²) in [5.74, 6) is 0.671. The zero-order valence-corrected chi connectivity index (χ0v) is 15.2. The molecule has 0 unspecified atom stereocenters. The lowest BCUT2D eigenvalue weighted by molar-refractivity contribution is -0.128. The second-order valence-corrected chi connectivity index (χ2v) is 6.41. The molecular formula is C21H27NO2. The van der Waals surface area contributed by atoms with Crippen molar-refractivity contribution in [2.75, 3.05) is 0 Å². The van der Waals surface area contributed by atoms with E-state index in [0.717, 1.165) is 28.9 Å². The maximum atomic E-state index is 12.5. The Morgan fingerprint density at radius 3 is 2.29 bits per heavy atom. The predicted octanol–water partition coefficient (Wildman–Crippen LogP) is 4.65. The van der Waals surface area contributed by atoms with Gasteiger partial charge < -0.3 is 10.1 Å². The first-order valence-electron chi connectivity index (χ1n) is 8.51. The molecule has 0 aromatic heterocycles. The molecule has 24 heavy (non-hydrogen) atoms. The fourth-order valence-corrected chi connectivity index (χ4v) is 2.59. The summed E-state index contributed by atoms with van der Waals surface area (Å²) >= 11 is 0. The number of carbonyl (C=O) groups excluding carboxylic acids is 1. The highest BCUT2D eigenvalue weighted by Crippen LogP contribution is 2.21. The minimum absolute atomic E-state index is 0.00255. The van der Waals surface area contributed by atoms with Crippen molar-refractivity contribution in [3.8, 4) is 5.75 Å². The number of aryl methyl sites for hydroxylation is 3. The van der Waals surface area contributed by atoms with Gasteiger partial charge in [0.25, 0.3) is 5.91 Å². The number of hydrogen-bond donors (Lipinski definition) is 1. The highest BCUT2D eigenvalue weighted by molar-refractivity contribution is 5.81. The summed E-state index contributed by atoms with van der Waals surface area (Å²) in [4.78, 5) is 12.5. The van der Waals surface area contributed by atoms with Crippen molar-refractivity contribution >= 4 is 5.91 Å². The molecule has 1 amide bonds. The van der Waals surface area contributed by atoms with Crippen molar-refractivity contribution in [3.63, 3.8) is 0 Å². The standard InChI is InChI=1S/C21H27NO2/c1-6-19(18-11-8-14(2)9-12-18)22-21(23)17(5)24-20-13-15(3)7-10-16(20)4/h7-13,17,19H,6H2,1-5H3,(H,22,23)/t17-,19+/m0/s1. The van der Waals surface area contributed by atoms with E-state index in [2.05, 4.69) is 43.4 Å². The Morgan fingerprint density at radius 1 is 1.04 bits per heavy atom. The van der Waals surface area contributed by atoms with Crippen molar-refractivity contribution in [2.45, 2.75) is 53.2 Å². The lowest BCUT2D eigenvalue weighted by Crippen LogP contribution is -2.38. The highest BCUT2D eigenvalue weighted by Gasteiger charge is 2.20. The van der Waals surface area contributed by atoms with Gasteiger partial charge >= 0.3 is 0 Å². The smallest absolute Gasteiger partial charge is 0.261 e. The summed E-state index contributed by atoms with van der Waals surface area (Å²) in [7, 11) is 0. The fourth-order valence-electron chi connectivity index (χ4n) is 2.59. The molecule has 2 rings (SSSR count). The van der Waals surface area contributed by atoms with E-state index < -0.39 is 6.10 Å². The van der Waals surface area contributed by atoms with E-state index in [4.69, 9.17) is 4.74 Å². The minimum atomic E-state index is -0.537. The van der Waals surface area contributed by atoms with Crippen LogP contribution in [0.5, 0.6) is 5.75 Å². The molecule has 0 aliphatic carbocycles. The Hall–Kier alpha value is -2.29. The molecule has 0 radical (unpaired) electrons. The molecule has 0 aliphatic heterocycles. The molecule has 0 aliphatic rings. The number of amides is 1. The maximum Gasteiger partial charge on any atom is 0.261 e. The van der Waals surface area contributed by atoms with Crippen LogP contribution in [0.25, 0.3) is 0 Å². The van der Waals surface area contributed by atoms with Crippen molar-refractivity contribution in [2.24, 2.45) is 0 Å². The Morgan fingerprint density at radius 2 is 1.67 bits per heavy atom. The zero-order chi connectivity index (χ0) is 17.7. The van der Waals surface area contributed by atoms with Crippen LogP contribution in [0.2, 0.25) is 0 Å². The molecule has 0 fully saturated rings. The van der Waals surface area contributed by atoms with Crippen LogP contribution in [0, 0.1) is 20.8 Å². The molecule has 128 valence electrons. The molecule has 3 nitrogen and oxygen atoms in total. The van der Waals surface area contributed by atoms with Gasteiger partial charge in [0.2, 0.25) is 0 Å². The number of carbonyl (C=O) groups is 1. The van der Waals surface area contributed by atoms with Gasteiger partial charge in [-0.2, -0.15) is 0 Å². The quantitative estimate of drug-likeness (QED) is 0.840. The lowest BCUT2D eigenvalue weighted by Gasteiger charge is -2.22. The topological polar surface area (TPSA) is 38.3 Å². The van der Waals surface area contributed by atoms with E-state index >= 15 is 0 Å². The maximum absolute atomic E-state index is 12.5. The van der Waals surface area contributed by atoms with Crippen molar-refractivity contribution in [1.82, 2.24) is 5.32 Å². The molecule has 0 heterocycles. The summed E-state index contributed by atoms with van der Waals surface area (Å²) in [5, 5.41) is 3.09. The monoisotopic (exact) mass is 325 g/mol. The van der Waals surface area contributed by atoms with Crippen molar-refractivity contribution in [3.05, 3.63) is 64.7 Å². The van der Waals surface area contributed by atoms with Crippen molar-refractivity contribution in [1.29, 1.82) is 0 Å². The van der Waals surface area contributed by atoms with Crippen LogP contribution in [0.3, 0.4) is 0 Å². The average Bonchev–Trinajstić information content (AvgIpc) is 2.56. The molecule has 1 N–H and O–H groups in total. The number of hydrogen-bond acceptors (Lipinski definition) is 2. The third kappa shape index (κ3) is 4.60. The van der Waals surface area contributed by atoms with Gasteiger partial charge in [-0.25, -0.2) is 0 Å². The third-order valence-corrected chi connectivity index (χ3v) is 4.22.